The molecule has 1 rings (SSSR count). The highest BCUT2D eigenvalue weighted by molar-refractivity contribution is 4.84. The average Bonchev–Trinajstić information content (AvgIpc) is 2.72. The van der Waals surface area contributed by atoms with E-state index in [1.807, 2.05) is 0 Å². The first kappa shape index (κ1) is 8.02. The molecule has 0 amide bonds. The Kier molecular flexibility index (Phi) is 2.32. The standard InChI is InChI=1S/C8H17NO/c1-8(5-9,6-10)4-7-2-3-7/h7,10H,2-6,9H2,1H3. The number of aliphatic hydroxyl groups excluding tert-OH is 1. The average molecular weight is 143 g/mol. The zero-order chi connectivity index (χ0) is 7.61. The molecule has 0 heterocycles. The van der Waals surface area contributed by atoms with Crippen LogP contribution in [0.2, 0.25) is 0 Å². The molecular formula is C8H17NO. The fourth-order valence-corrected chi connectivity index (χ4v) is 1.23. The van der Waals surface area contributed by atoms with Gasteiger partial charge in [0.05, 0.1) is 0 Å². The van der Waals surface area contributed by atoms with Crippen LogP contribution in [0.5, 0.6) is 0 Å². The minimum absolute atomic E-state index is 0.00116. The van der Waals surface area contributed by atoms with Gasteiger partial charge in [0, 0.05) is 12.0 Å². The van der Waals surface area contributed by atoms with Crippen LogP contribution in [0.25, 0.3) is 0 Å². The summed E-state index contributed by atoms with van der Waals surface area (Å²) in [5.41, 5.74) is 5.53. The van der Waals surface area contributed by atoms with Crippen molar-refractivity contribution in [2.24, 2.45) is 17.1 Å². The van der Waals surface area contributed by atoms with Gasteiger partial charge in [-0.15, -0.1) is 0 Å². The van der Waals surface area contributed by atoms with Gasteiger partial charge in [-0.25, -0.2) is 0 Å². The van der Waals surface area contributed by atoms with Gasteiger partial charge in [0.2, 0.25) is 0 Å². The molecule has 1 aliphatic rings. The van der Waals surface area contributed by atoms with Crippen molar-refractivity contribution in [1.29, 1.82) is 0 Å². The molecule has 0 aliphatic heterocycles. The van der Waals surface area contributed by atoms with Gasteiger partial charge in [0.15, 0.2) is 0 Å². The fraction of sp³-hybridized carbons (Fsp3) is 1.00. The van der Waals surface area contributed by atoms with Crippen molar-refractivity contribution >= 4 is 0 Å². The molecule has 2 heteroatoms. The number of aliphatic hydroxyl groups is 1. The predicted molar refractivity (Wildman–Crippen MR) is 41.6 cm³/mol. The molecule has 0 aromatic heterocycles. The molecule has 1 fully saturated rings. The molecule has 3 N–H and O–H groups in total. The first-order valence-corrected chi connectivity index (χ1v) is 4.01. The smallest absolute Gasteiger partial charge is 0.0496 e. The van der Waals surface area contributed by atoms with Gasteiger partial charge >= 0.3 is 0 Å². The Hall–Kier alpha value is -0.0800. The third-order valence-electron chi connectivity index (χ3n) is 2.35. The maximum atomic E-state index is 8.98. The SMILES string of the molecule is CC(CN)(CO)CC1CC1. The molecule has 1 saturated carbocycles. The van der Waals surface area contributed by atoms with E-state index in [0.717, 1.165) is 12.3 Å². The lowest BCUT2D eigenvalue weighted by atomic mass is 9.86. The second-order valence-corrected chi connectivity index (χ2v) is 3.82. The summed E-state index contributed by atoms with van der Waals surface area (Å²) >= 11 is 0. The van der Waals surface area contributed by atoms with E-state index in [0.29, 0.717) is 6.54 Å². The van der Waals surface area contributed by atoms with Gasteiger partial charge in [-0.1, -0.05) is 19.8 Å². The van der Waals surface area contributed by atoms with E-state index in [-0.39, 0.29) is 12.0 Å². The van der Waals surface area contributed by atoms with E-state index in [4.69, 9.17) is 10.8 Å². The normalized spacial score (nSPS) is 24.3. The van der Waals surface area contributed by atoms with E-state index in [1.165, 1.54) is 12.8 Å². The highest BCUT2D eigenvalue weighted by atomic mass is 16.3. The molecule has 0 spiro atoms. The lowest BCUT2D eigenvalue weighted by molar-refractivity contribution is 0.134. The van der Waals surface area contributed by atoms with Gasteiger partial charge in [-0.2, -0.15) is 0 Å². The molecule has 0 aromatic carbocycles. The van der Waals surface area contributed by atoms with Crippen LogP contribution in [-0.4, -0.2) is 18.3 Å². The van der Waals surface area contributed by atoms with E-state index >= 15 is 0 Å². The van der Waals surface area contributed by atoms with Crippen LogP contribution in [-0.2, 0) is 0 Å². The van der Waals surface area contributed by atoms with Crippen molar-refractivity contribution in [2.45, 2.75) is 26.2 Å². The summed E-state index contributed by atoms with van der Waals surface area (Å²) in [4.78, 5) is 0. The van der Waals surface area contributed by atoms with Gasteiger partial charge in [0.25, 0.3) is 0 Å². The molecule has 2 nitrogen and oxygen atoms in total. The highest BCUT2D eigenvalue weighted by Gasteiger charge is 2.31. The summed E-state index contributed by atoms with van der Waals surface area (Å²) in [5.74, 6) is 0.862. The molecular weight excluding hydrogens is 126 g/mol. The van der Waals surface area contributed by atoms with Crippen LogP contribution in [0.4, 0.5) is 0 Å². The lowest BCUT2D eigenvalue weighted by Crippen LogP contribution is -2.31. The summed E-state index contributed by atoms with van der Waals surface area (Å²) < 4.78 is 0. The van der Waals surface area contributed by atoms with Crippen molar-refractivity contribution in [3.8, 4) is 0 Å². The van der Waals surface area contributed by atoms with Crippen molar-refractivity contribution in [2.75, 3.05) is 13.2 Å². The van der Waals surface area contributed by atoms with Crippen molar-refractivity contribution in [3.63, 3.8) is 0 Å². The summed E-state index contributed by atoms with van der Waals surface area (Å²) in [7, 11) is 0. The lowest BCUT2D eigenvalue weighted by Gasteiger charge is -2.24. The second-order valence-electron chi connectivity index (χ2n) is 3.82. The molecule has 1 aliphatic carbocycles. The number of hydrogen-bond acceptors (Lipinski definition) is 2. The van der Waals surface area contributed by atoms with E-state index in [9.17, 15) is 0 Å². The summed E-state index contributed by atoms with van der Waals surface area (Å²) in [6.07, 6.45) is 3.80. The van der Waals surface area contributed by atoms with Crippen LogP contribution in [0.3, 0.4) is 0 Å². The Bertz CT molecular complexity index is 106. The third-order valence-corrected chi connectivity index (χ3v) is 2.35. The fourth-order valence-electron chi connectivity index (χ4n) is 1.23. The van der Waals surface area contributed by atoms with E-state index in [2.05, 4.69) is 6.92 Å². The summed E-state index contributed by atoms with van der Waals surface area (Å²) in [6, 6.07) is 0. The Labute approximate surface area is 62.4 Å². The Morgan fingerprint density at radius 1 is 1.60 bits per heavy atom. The van der Waals surface area contributed by atoms with Crippen LogP contribution in [0.1, 0.15) is 26.2 Å². The summed E-state index contributed by atoms with van der Waals surface area (Å²) in [5, 5.41) is 8.98. The number of hydrogen-bond donors (Lipinski definition) is 2. The molecule has 0 radical (unpaired) electrons. The predicted octanol–water partition coefficient (Wildman–Crippen LogP) is 0.744. The largest absolute Gasteiger partial charge is 0.396 e. The highest BCUT2D eigenvalue weighted by Crippen LogP contribution is 2.39. The van der Waals surface area contributed by atoms with Gasteiger partial charge in [0.1, 0.15) is 0 Å². The van der Waals surface area contributed by atoms with Gasteiger partial charge < -0.3 is 10.8 Å². The number of nitrogens with two attached hydrogens (primary N) is 1. The summed E-state index contributed by atoms with van der Waals surface area (Å²) in [6.45, 7) is 2.91. The maximum absolute atomic E-state index is 8.98. The topological polar surface area (TPSA) is 46.2 Å². The van der Waals surface area contributed by atoms with Crippen molar-refractivity contribution < 1.29 is 5.11 Å². The molecule has 0 aromatic rings. The molecule has 1 unspecified atom stereocenters. The molecule has 10 heavy (non-hydrogen) atoms. The quantitative estimate of drug-likeness (QED) is 0.610. The van der Waals surface area contributed by atoms with Crippen molar-refractivity contribution in [1.82, 2.24) is 0 Å². The van der Waals surface area contributed by atoms with Crippen LogP contribution in [0.15, 0.2) is 0 Å². The molecule has 0 saturated heterocycles. The van der Waals surface area contributed by atoms with Crippen LogP contribution < -0.4 is 5.73 Å². The Morgan fingerprint density at radius 2 is 2.20 bits per heavy atom. The maximum Gasteiger partial charge on any atom is 0.0496 e. The Morgan fingerprint density at radius 3 is 2.50 bits per heavy atom. The second kappa shape index (κ2) is 2.89. The first-order valence-electron chi connectivity index (χ1n) is 4.01. The third kappa shape index (κ3) is 1.96. The molecule has 1 atom stereocenters. The monoisotopic (exact) mass is 143 g/mol. The zero-order valence-electron chi connectivity index (χ0n) is 6.64. The van der Waals surface area contributed by atoms with E-state index < -0.39 is 0 Å². The first-order chi connectivity index (χ1) is 4.70. The van der Waals surface area contributed by atoms with E-state index in [1.54, 1.807) is 0 Å². The van der Waals surface area contributed by atoms with Crippen LogP contribution in [0, 0.1) is 11.3 Å². The zero-order valence-corrected chi connectivity index (χ0v) is 6.64. The van der Waals surface area contributed by atoms with Gasteiger partial charge in [-0.05, 0) is 18.9 Å². The van der Waals surface area contributed by atoms with Crippen molar-refractivity contribution in [3.05, 3.63) is 0 Å². The number of rotatable bonds is 4. The minimum Gasteiger partial charge on any atom is -0.396 e. The molecule has 0 bridgehead atoms. The Balaban J connectivity index is 2.29. The van der Waals surface area contributed by atoms with Gasteiger partial charge in [-0.3, -0.25) is 0 Å². The molecule has 60 valence electrons. The van der Waals surface area contributed by atoms with Crippen LogP contribution >= 0.6 is 0 Å². The minimum atomic E-state index is 0.00116.